The molecule has 1 aliphatic carbocycles. The Labute approximate surface area is 156 Å². The van der Waals surface area contributed by atoms with Crippen LogP contribution in [0.4, 0.5) is 0 Å². The van der Waals surface area contributed by atoms with Crippen molar-refractivity contribution in [1.29, 1.82) is 0 Å². The molecule has 0 atom stereocenters. The molecule has 1 saturated heterocycles. The molecule has 3 rings (SSSR count). The van der Waals surface area contributed by atoms with E-state index in [1.54, 1.807) is 13.0 Å². The minimum Gasteiger partial charge on any atom is -0.354 e. The van der Waals surface area contributed by atoms with Gasteiger partial charge in [-0.1, -0.05) is 25.0 Å². The maximum atomic E-state index is 13.4. The van der Waals surface area contributed by atoms with Gasteiger partial charge in [-0.2, -0.15) is 0 Å². The molecule has 1 saturated carbocycles. The zero-order valence-electron chi connectivity index (χ0n) is 14.8. The molecule has 0 bridgehead atoms. The number of carbonyl (C=O) groups excluding carboxylic acids is 1. The van der Waals surface area contributed by atoms with Gasteiger partial charge in [0.15, 0.2) is 14.6 Å². The van der Waals surface area contributed by atoms with E-state index in [1.165, 1.54) is 0 Å². The Kier molecular flexibility index (Phi) is 6.17. The molecule has 0 unspecified atom stereocenters. The summed E-state index contributed by atoms with van der Waals surface area (Å²) in [6.07, 6.45) is 2.39. The SMILES string of the molecule is Cc1ccc(C)c(S(=O)(=O)C2(C(=O)NCC3CNC3)CCCC2)c1.Cl. The third kappa shape index (κ3) is 3.57. The summed E-state index contributed by atoms with van der Waals surface area (Å²) in [7, 11) is -3.72. The van der Waals surface area contributed by atoms with Crippen molar-refractivity contribution in [2.75, 3.05) is 19.6 Å². The second-order valence-corrected chi connectivity index (χ2v) is 9.44. The number of carbonyl (C=O) groups is 1. The molecule has 1 heterocycles. The van der Waals surface area contributed by atoms with Crippen LogP contribution in [-0.4, -0.2) is 38.7 Å². The zero-order chi connectivity index (χ0) is 17.4. The first-order chi connectivity index (χ1) is 11.4. The predicted molar refractivity (Wildman–Crippen MR) is 101 cm³/mol. The fourth-order valence-corrected chi connectivity index (χ4v) is 6.06. The van der Waals surface area contributed by atoms with Crippen molar-refractivity contribution in [2.24, 2.45) is 5.92 Å². The molecule has 0 radical (unpaired) electrons. The summed E-state index contributed by atoms with van der Waals surface area (Å²) in [6.45, 7) is 6.00. The number of hydrogen-bond acceptors (Lipinski definition) is 4. The fourth-order valence-electron chi connectivity index (χ4n) is 3.66. The van der Waals surface area contributed by atoms with Gasteiger partial charge in [-0.25, -0.2) is 8.42 Å². The number of rotatable bonds is 5. The number of sulfone groups is 1. The Bertz CT molecular complexity index is 739. The Morgan fingerprint density at radius 2 is 1.88 bits per heavy atom. The maximum Gasteiger partial charge on any atom is 0.241 e. The van der Waals surface area contributed by atoms with E-state index >= 15 is 0 Å². The van der Waals surface area contributed by atoms with Crippen LogP contribution in [0, 0.1) is 19.8 Å². The lowest BCUT2D eigenvalue weighted by Crippen LogP contribution is -2.54. The molecule has 2 N–H and O–H groups in total. The van der Waals surface area contributed by atoms with E-state index in [-0.39, 0.29) is 18.3 Å². The van der Waals surface area contributed by atoms with E-state index in [0.717, 1.165) is 31.5 Å². The summed E-state index contributed by atoms with van der Waals surface area (Å²) < 4.78 is 25.5. The summed E-state index contributed by atoms with van der Waals surface area (Å²) in [5, 5.41) is 6.08. The molecule has 2 fully saturated rings. The molecule has 1 aromatic rings. The Hall–Kier alpha value is -1.11. The van der Waals surface area contributed by atoms with Gasteiger partial charge in [0.2, 0.25) is 5.91 Å². The monoisotopic (exact) mass is 386 g/mol. The Balaban J connectivity index is 0.00000225. The fraction of sp³-hybridized carbons (Fsp3) is 0.611. The Morgan fingerprint density at radius 3 is 2.44 bits per heavy atom. The van der Waals surface area contributed by atoms with Crippen LogP contribution in [0.5, 0.6) is 0 Å². The molecule has 140 valence electrons. The lowest BCUT2D eigenvalue weighted by Gasteiger charge is -2.31. The first-order valence-corrected chi connectivity index (χ1v) is 10.2. The van der Waals surface area contributed by atoms with Crippen LogP contribution in [0.3, 0.4) is 0 Å². The van der Waals surface area contributed by atoms with Crippen LogP contribution in [0.1, 0.15) is 36.8 Å². The van der Waals surface area contributed by atoms with Crippen LogP contribution in [-0.2, 0) is 14.6 Å². The van der Waals surface area contributed by atoms with Crippen molar-refractivity contribution in [2.45, 2.75) is 49.2 Å². The number of aryl methyl sites for hydroxylation is 2. The van der Waals surface area contributed by atoms with E-state index in [0.29, 0.717) is 35.8 Å². The molecular formula is C18H27ClN2O3S. The number of hydrogen-bond donors (Lipinski definition) is 2. The summed E-state index contributed by atoms with van der Waals surface area (Å²) in [5.74, 6) is 0.101. The topological polar surface area (TPSA) is 75.3 Å². The minimum atomic E-state index is -3.72. The van der Waals surface area contributed by atoms with Crippen LogP contribution in [0.25, 0.3) is 0 Å². The standard InChI is InChI=1S/C18H26N2O3S.ClH/c1-13-5-6-14(2)16(9-13)24(22,23)18(7-3-4-8-18)17(21)20-12-15-10-19-11-15;/h5-6,9,15,19H,3-4,7-8,10-12H2,1-2H3,(H,20,21);1H. The van der Waals surface area contributed by atoms with E-state index in [1.807, 2.05) is 19.1 Å². The van der Waals surface area contributed by atoms with E-state index in [9.17, 15) is 13.2 Å². The maximum absolute atomic E-state index is 13.4. The molecule has 1 amide bonds. The van der Waals surface area contributed by atoms with Crippen molar-refractivity contribution in [3.63, 3.8) is 0 Å². The lowest BCUT2D eigenvalue weighted by atomic mass is 10.0. The van der Waals surface area contributed by atoms with Crippen LogP contribution < -0.4 is 10.6 Å². The number of benzene rings is 1. The second-order valence-electron chi connectivity index (χ2n) is 7.21. The highest BCUT2D eigenvalue weighted by atomic mass is 35.5. The highest BCUT2D eigenvalue weighted by molar-refractivity contribution is 7.93. The van der Waals surface area contributed by atoms with Gasteiger partial charge in [0.1, 0.15) is 0 Å². The molecule has 5 nitrogen and oxygen atoms in total. The number of halogens is 1. The van der Waals surface area contributed by atoms with Gasteiger partial charge in [-0.3, -0.25) is 4.79 Å². The average Bonchev–Trinajstić information content (AvgIpc) is 2.99. The lowest BCUT2D eigenvalue weighted by molar-refractivity contribution is -0.123. The van der Waals surface area contributed by atoms with Crippen molar-refractivity contribution in [3.05, 3.63) is 29.3 Å². The highest BCUT2D eigenvalue weighted by Crippen LogP contribution is 2.41. The second kappa shape index (κ2) is 7.64. The predicted octanol–water partition coefficient (Wildman–Crippen LogP) is 2.15. The number of nitrogens with one attached hydrogen (secondary N) is 2. The molecule has 7 heteroatoms. The van der Waals surface area contributed by atoms with Crippen molar-refractivity contribution in [1.82, 2.24) is 10.6 Å². The van der Waals surface area contributed by atoms with Gasteiger partial charge < -0.3 is 10.6 Å². The summed E-state index contributed by atoms with van der Waals surface area (Å²) in [6, 6.07) is 5.43. The van der Waals surface area contributed by atoms with E-state index in [2.05, 4.69) is 10.6 Å². The largest absolute Gasteiger partial charge is 0.354 e. The van der Waals surface area contributed by atoms with E-state index in [4.69, 9.17) is 0 Å². The van der Waals surface area contributed by atoms with Gasteiger partial charge in [0, 0.05) is 25.6 Å². The highest BCUT2D eigenvalue weighted by Gasteiger charge is 2.53. The van der Waals surface area contributed by atoms with Gasteiger partial charge in [0.05, 0.1) is 4.90 Å². The van der Waals surface area contributed by atoms with Crippen LogP contribution in [0.2, 0.25) is 0 Å². The van der Waals surface area contributed by atoms with Crippen molar-refractivity contribution < 1.29 is 13.2 Å². The first kappa shape index (κ1) is 20.2. The first-order valence-electron chi connectivity index (χ1n) is 8.68. The molecule has 25 heavy (non-hydrogen) atoms. The smallest absolute Gasteiger partial charge is 0.241 e. The number of amides is 1. The molecule has 1 aromatic carbocycles. The molecule has 0 aromatic heterocycles. The van der Waals surface area contributed by atoms with Crippen LogP contribution in [0.15, 0.2) is 23.1 Å². The van der Waals surface area contributed by atoms with E-state index < -0.39 is 14.6 Å². The summed E-state index contributed by atoms with van der Waals surface area (Å²) >= 11 is 0. The van der Waals surface area contributed by atoms with Crippen molar-refractivity contribution >= 4 is 28.2 Å². The van der Waals surface area contributed by atoms with Gasteiger partial charge in [-0.05, 0) is 43.9 Å². The van der Waals surface area contributed by atoms with Gasteiger partial charge in [-0.15, -0.1) is 12.4 Å². The third-order valence-corrected chi connectivity index (χ3v) is 8.03. The summed E-state index contributed by atoms with van der Waals surface area (Å²) in [4.78, 5) is 13.2. The third-order valence-electron chi connectivity index (χ3n) is 5.39. The van der Waals surface area contributed by atoms with Gasteiger partial charge in [0.25, 0.3) is 0 Å². The minimum absolute atomic E-state index is 0. The molecule has 2 aliphatic rings. The molecule has 0 spiro atoms. The quantitative estimate of drug-likeness (QED) is 0.813. The molecular weight excluding hydrogens is 360 g/mol. The average molecular weight is 387 g/mol. The van der Waals surface area contributed by atoms with Crippen molar-refractivity contribution in [3.8, 4) is 0 Å². The zero-order valence-corrected chi connectivity index (χ0v) is 16.4. The summed E-state index contributed by atoms with van der Waals surface area (Å²) in [5.41, 5.74) is 1.61. The van der Waals surface area contributed by atoms with Crippen LogP contribution >= 0.6 is 12.4 Å². The molecule has 1 aliphatic heterocycles. The Morgan fingerprint density at radius 1 is 1.24 bits per heavy atom. The normalized spacial score (nSPS) is 19.8. The van der Waals surface area contributed by atoms with Gasteiger partial charge >= 0.3 is 0 Å².